The molecule has 0 saturated heterocycles. The summed E-state index contributed by atoms with van der Waals surface area (Å²) in [4.78, 5) is 7.99. The Morgan fingerprint density at radius 2 is 1.40 bits per heavy atom. The molecule has 4 nitrogen and oxygen atoms in total. The smallest absolute Gasteiger partial charge is 0.0266 e. The zero-order valence-electron chi connectivity index (χ0n) is 21.1. The molecule has 4 heteroatoms. The number of nitrogens with zero attached hydrogens (tertiary/aromatic N) is 3. The van der Waals surface area contributed by atoms with Crippen LogP contribution in [0.4, 0.5) is 0 Å². The van der Waals surface area contributed by atoms with Crippen LogP contribution in [0, 0.1) is 0 Å². The number of nitrogens with two attached hydrogens (primary N) is 1. The van der Waals surface area contributed by atoms with E-state index in [-0.39, 0.29) is 0 Å². The van der Waals surface area contributed by atoms with E-state index in [0.717, 1.165) is 45.6 Å². The van der Waals surface area contributed by atoms with E-state index >= 15 is 0 Å². The fourth-order valence-electron chi connectivity index (χ4n) is 4.68. The summed E-state index contributed by atoms with van der Waals surface area (Å²) in [5.41, 5.74) is 7.27. The molecule has 0 aliphatic carbocycles. The zero-order valence-corrected chi connectivity index (χ0v) is 21.1. The minimum absolute atomic E-state index is 0.487. The van der Waals surface area contributed by atoms with Gasteiger partial charge in [0.05, 0.1) is 0 Å². The molecular weight excluding hydrogens is 368 g/mol. The van der Waals surface area contributed by atoms with Crippen LogP contribution in [0.25, 0.3) is 0 Å². The fourth-order valence-corrected chi connectivity index (χ4v) is 4.68. The zero-order chi connectivity index (χ0) is 22.7. The van der Waals surface area contributed by atoms with E-state index in [1.807, 2.05) is 0 Å². The lowest BCUT2D eigenvalue weighted by molar-refractivity contribution is 0.0568. The maximum absolute atomic E-state index is 5.84. The van der Waals surface area contributed by atoms with Gasteiger partial charge in [0.25, 0.3) is 0 Å². The molecule has 0 fully saturated rings. The van der Waals surface area contributed by atoms with Crippen molar-refractivity contribution in [2.45, 2.75) is 98.4 Å². The van der Waals surface area contributed by atoms with Crippen molar-refractivity contribution in [3.05, 3.63) is 35.9 Å². The van der Waals surface area contributed by atoms with E-state index in [9.17, 15) is 0 Å². The summed E-state index contributed by atoms with van der Waals surface area (Å²) in [6.07, 6.45) is 2.15. The van der Waals surface area contributed by atoms with Crippen molar-refractivity contribution in [1.29, 1.82) is 0 Å². The topological polar surface area (TPSA) is 35.7 Å². The van der Waals surface area contributed by atoms with Crippen molar-refractivity contribution in [3.8, 4) is 0 Å². The minimum Gasteiger partial charge on any atom is -0.330 e. The van der Waals surface area contributed by atoms with Gasteiger partial charge in [-0.3, -0.25) is 14.7 Å². The fraction of sp³-hybridized carbons (Fsp3) is 0.769. The predicted octanol–water partition coefficient (Wildman–Crippen LogP) is 4.49. The summed E-state index contributed by atoms with van der Waals surface area (Å²) in [5.74, 6) is 0. The molecule has 0 bridgehead atoms. The van der Waals surface area contributed by atoms with E-state index in [1.165, 1.54) is 5.56 Å². The van der Waals surface area contributed by atoms with Crippen LogP contribution in [0.3, 0.4) is 0 Å². The highest BCUT2D eigenvalue weighted by molar-refractivity contribution is 5.16. The molecule has 0 aliphatic heterocycles. The normalized spacial score (nSPS) is 14.6. The van der Waals surface area contributed by atoms with Crippen molar-refractivity contribution in [1.82, 2.24) is 14.7 Å². The van der Waals surface area contributed by atoms with Gasteiger partial charge >= 0.3 is 0 Å². The molecule has 0 spiro atoms. The number of rotatable bonds is 15. The van der Waals surface area contributed by atoms with Crippen LogP contribution < -0.4 is 5.73 Å². The minimum atomic E-state index is 0.487. The highest BCUT2D eigenvalue weighted by Gasteiger charge is 2.28. The lowest BCUT2D eigenvalue weighted by Gasteiger charge is -2.43. The highest BCUT2D eigenvalue weighted by atomic mass is 15.3. The average molecular weight is 419 g/mol. The summed E-state index contributed by atoms with van der Waals surface area (Å²) in [7, 11) is 0. The first kappa shape index (κ1) is 27.1. The van der Waals surface area contributed by atoms with Crippen molar-refractivity contribution < 1.29 is 0 Å². The van der Waals surface area contributed by atoms with E-state index in [1.54, 1.807) is 0 Å². The lowest BCUT2D eigenvalue weighted by Crippen LogP contribution is -2.54. The van der Waals surface area contributed by atoms with Crippen molar-refractivity contribution in [3.63, 3.8) is 0 Å². The predicted molar refractivity (Wildman–Crippen MR) is 133 cm³/mol. The van der Waals surface area contributed by atoms with Crippen LogP contribution in [-0.4, -0.2) is 77.6 Å². The van der Waals surface area contributed by atoms with Crippen molar-refractivity contribution in [2.75, 3.05) is 32.7 Å². The average Bonchev–Trinajstić information content (AvgIpc) is 2.69. The van der Waals surface area contributed by atoms with Crippen LogP contribution in [0.1, 0.15) is 67.4 Å². The Kier molecular flexibility index (Phi) is 12.8. The first-order valence-corrected chi connectivity index (χ1v) is 12.2. The summed E-state index contributed by atoms with van der Waals surface area (Å²) < 4.78 is 0. The van der Waals surface area contributed by atoms with Gasteiger partial charge in [0.1, 0.15) is 0 Å². The van der Waals surface area contributed by atoms with E-state index in [4.69, 9.17) is 5.73 Å². The van der Waals surface area contributed by atoms with Gasteiger partial charge < -0.3 is 5.73 Å². The molecule has 1 aromatic carbocycles. The Hall–Kier alpha value is -0.940. The molecule has 1 aromatic rings. The third-order valence-electron chi connectivity index (χ3n) is 6.34. The highest BCUT2D eigenvalue weighted by Crippen LogP contribution is 2.18. The van der Waals surface area contributed by atoms with Gasteiger partial charge in [-0.2, -0.15) is 0 Å². The molecule has 174 valence electrons. The molecule has 0 aromatic heterocycles. The van der Waals surface area contributed by atoms with Gasteiger partial charge in [0.2, 0.25) is 0 Å². The molecule has 1 rings (SSSR count). The maximum Gasteiger partial charge on any atom is 0.0266 e. The summed E-state index contributed by atoms with van der Waals surface area (Å²) in [6.45, 7) is 23.8. The van der Waals surface area contributed by atoms with Crippen molar-refractivity contribution in [2.24, 2.45) is 5.73 Å². The molecule has 0 aliphatic rings. The molecular formula is C26H50N4. The molecule has 2 atom stereocenters. The number of likely N-dealkylation sites (N-methyl/N-ethyl adjacent to an activating group) is 1. The van der Waals surface area contributed by atoms with Crippen LogP contribution >= 0.6 is 0 Å². The summed E-state index contributed by atoms with van der Waals surface area (Å²) in [5, 5.41) is 0. The Morgan fingerprint density at radius 1 is 0.800 bits per heavy atom. The van der Waals surface area contributed by atoms with Gasteiger partial charge in [-0.1, -0.05) is 37.3 Å². The van der Waals surface area contributed by atoms with Gasteiger partial charge in [-0.05, 0) is 86.5 Å². The third-order valence-corrected chi connectivity index (χ3v) is 6.34. The molecule has 0 saturated carbocycles. The molecule has 0 unspecified atom stereocenters. The first-order chi connectivity index (χ1) is 14.2. The van der Waals surface area contributed by atoms with Crippen molar-refractivity contribution >= 4 is 0 Å². The molecule has 0 amide bonds. The second-order valence-corrected chi connectivity index (χ2v) is 9.64. The van der Waals surface area contributed by atoms with Crippen LogP contribution in [0.15, 0.2) is 30.3 Å². The van der Waals surface area contributed by atoms with E-state index < -0.39 is 0 Å². The molecule has 30 heavy (non-hydrogen) atoms. The van der Waals surface area contributed by atoms with Crippen LogP contribution in [0.2, 0.25) is 0 Å². The van der Waals surface area contributed by atoms with Gasteiger partial charge in [0, 0.05) is 43.3 Å². The largest absolute Gasteiger partial charge is 0.330 e. The molecule has 0 heterocycles. The van der Waals surface area contributed by atoms with Crippen LogP contribution in [-0.2, 0) is 6.42 Å². The monoisotopic (exact) mass is 418 g/mol. The Bertz CT molecular complexity index is 543. The Balaban J connectivity index is 3.12. The van der Waals surface area contributed by atoms with E-state index in [0.29, 0.717) is 30.2 Å². The second-order valence-electron chi connectivity index (χ2n) is 9.64. The first-order valence-electron chi connectivity index (χ1n) is 12.2. The molecule has 2 N–H and O–H groups in total. The summed E-state index contributed by atoms with van der Waals surface area (Å²) in [6, 6.07) is 13.6. The SMILES string of the molecule is CCN(C(C)C)[C@@H](C)CN(C(C)C)[C@@H](Cc1ccccc1)CN(CCCN)C(C)C. The van der Waals surface area contributed by atoms with Gasteiger partial charge in [-0.25, -0.2) is 0 Å². The number of benzene rings is 1. The lowest BCUT2D eigenvalue weighted by atomic mass is 10.0. The number of hydrogen-bond donors (Lipinski definition) is 1. The Labute approximate surface area is 187 Å². The van der Waals surface area contributed by atoms with Gasteiger partial charge in [-0.15, -0.1) is 0 Å². The molecule has 0 radical (unpaired) electrons. The maximum atomic E-state index is 5.84. The third kappa shape index (κ3) is 9.05. The quantitative estimate of drug-likeness (QED) is 0.455. The Morgan fingerprint density at radius 3 is 1.87 bits per heavy atom. The van der Waals surface area contributed by atoms with E-state index in [2.05, 4.69) is 100 Å². The van der Waals surface area contributed by atoms with Gasteiger partial charge in [0.15, 0.2) is 0 Å². The summed E-state index contributed by atoms with van der Waals surface area (Å²) >= 11 is 0. The van der Waals surface area contributed by atoms with Crippen LogP contribution in [0.5, 0.6) is 0 Å². The number of hydrogen-bond acceptors (Lipinski definition) is 4. The standard InChI is InChI=1S/C26H50N4/c1-9-29(22(4)5)24(8)19-30(23(6)7)26(18-25-14-11-10-12-15-25)20-28(21(2)3)17-13-16-27/h10-12,14-15,21-24,26H,9,13,16-20,27H2,1-8H3/t24-,26-/m0/s1. The second kappa shape index (κ2) is 14.2.